The Hall–Kier alpha value is -4.97. The lowest BCUT2D eigenvalue weighted by atomic mass is 9.91. The summed E-state index contributed by atoms with van der Waals surface area (Å²) < 4.78 is 73.0. The summed E-state index contributed by atoms with van der Waals surface area (Å²) in [7, 11) is 3.46. The maximum Gasteiger partial charge on any atom is 0.319 e. The number of aryl methyl sites for hydroxylation is 1. The maximum atomic E-state index is 17.8. The van der Waals surface area contributed by atoms with Crippen molar-refractivity contribution >= 4 is 38.4 Å². The van der Waals surface area contributed by atoms with E-state index in [4.69, 9.17) is 31.0 Å². The topological polar surface area (TPSA) is 92.0 Å². The Labute approximate surface area is 328 Å². The molecule has 57 heavy (non-hydrogen) atoms. The fourth-order valence-electron chi connectivity index (χ4n) is 9.51. The third kappa shape index (κ3) is 6.83. The van der Waals surface area contributed by atoms with Gasteiger partial charge in [0.15, 0.2) is 5.82 Å². The van der Waals surface area contributed by atoms with Crippen molar-refractivity contribution in [3.63, 3.8) is 0 Å². The van der Waals surface area contributed by atoms with Crippen LogP contribution in [0.15, 0.2) is 42.1 Å². The van der Waals surface area contributed by atoms with E-state index >= 15 is 8.78 Å². The van der Waals surface area contributed by atoms with Gasteiger partial charge in [-0.25, -0.2) is 8.78 Å². The summed E-state index contributed by atoms with van der Waals surface area (Å²) in [5.74, 6) is 1.52. The molecular weight excluding hydrogens is 739 g/mol. The number of hydrogen-bond acceptors (Lipinski definition) is 9. The molecule has 10 nitrogen and oxygen atoms in total. The highest BCUT2D eigenvalue weighted by Gasteiger charge is 2.46. The summed E-state index contributed by atoms with van der Waals surface area (Å²) in [6.45, 7) is 5.36. The molecule has 1 saturated carbocycles. The SMILES string of the molecule is C#Cc1c(F)ccc2cc(O)cc(-c3c(F)c4nc(OCC5(CN6CCC(=C(F)F)CC6)CC5)nc(N5[C@@H]6CC[C@H]5CN(CCCOC)C6)c4c4cn(C)nc34)c12. The van der Waals surface area contributed by atoms with Gasteiger partial charge < -0.3 is 24.4 Å². The van der Waals surface area contributed by atoms with Crippen LogP contribution in [0.5, 0.6) is 11.8 Å². The molecule has 2 bridgehead atoms. The molecule has 0 spiro atoms. The van der Waals surface area contributed by atoms with Crippen molar-refractivity contribution in [2.24, 2.45) is 12.5 Å². The molecule has 5 heterocycles. The number of terminal acetylenes is 1. The predicted octanol–water partition coefficient (Wildman–Crippen LogP) is 7.40. The van der Waals surface area contributed by atoms with Gasteiger partial charge in [-0.1, -0.05) is 12.0 Å². The van der Waals surface area contributed by atoms with Crippen molar-refractivity contribution in [3.8, 4) is 35.2 Å². The number of hydrogen-bond donors (Lipinski definition) is 1. The molecule has 298 valence electrons. The number of anilines is 1. The smallest absolute Gasteiger partial charge is 0.319 e. The van der Waals surface area contributed by atoms with E-state index in [0.29, 0.717) is 73.2 Å². The van der Waals surface area contributed by atoms with Crippen molar-refractivity contribution < 1.29 is 32.1 Å². The zero-order chi connectivity index (χ0) is 39.6. The lowest BCUT2D eigenvalue weighted by Crippen LogP contribution is -2.54. The number of nitrogens with zero attached hydrogens (tertiary/aromatic N) is 7. The number of phenols is 1. The number of ether oxygens (including phenoxy) is 2. The molecular formula is C43H45F4N7O3. The van der Waals surface area contributed by atoms with Crippen molar-refractivity contribution in [3.05, 3.63) is 59.3 Å². The molecule has 3 aliphatic heterocycles. The number of piperazine rings is 1. The van der Waals surface area contributed by atoms with Gasteiger partial charge in [-0.05, 0) is 79.7 Å². The Morgan fingerprint density at radius 1 is 1.02 bits per heavy atom. The van der Waals surface area contributed by atoms with E-state index in [9.17, 15) is 13.9 Å². The van der Waals surface area contributed by atoms with Crippen LogP contribution in [0.4, 0.5) is 23.4 Å². The predicted molar refractivity (Wildman–Crippen MR) is 211 cm³/mol. The van der Waals surface area contributed by atoms with E-state index in [1.165, 1.54) is 24.3 Å². The van der Waals surface area contributed by atoms with Crippen LogP contribution in [0.2, 0.25) is 0 Å². The normalized spacial score (nSPS) is 20.9. The van der Waals surface area contributed by atoms with Gasteiger partial charge in [0, 0.05) is 100 Å². The van der Waals surface area contributed by atoms with Gasteiger partial charge in [0.2, 0.25) is 0 Å². The first kappa shape index (κ1) is 37.6. The molecule has 0 radical (unpaired) electrons. The molecule has 3 saturated heterocycles. The second-order valence-electron chi connectivity index (χ2n) is 16.3. The summed E-state index contributed by atoms with van der Waals surface area (Å²) in [6, 6.07) is 5.87. The minimum absolute atomic E-state index is 0.0241. The zero-order valence-electron chi connectivity index (χ0n) is 32.1. The van der Waals surface area contributed by atoms with Crippen molar-refractivity contribution in [1.82, 2.24) is 29.5 Å². The maximum absolute atomic E-state index is 17.8. The van der Waals surface area contributed by atoms with Crippen molar-refractivity contribution in [2.75, 3.05) is 64.5 Å². The summed E-state index contributed by atoms with van der Waals surface area (Å²) in [6.07, 6.45) is 11.4. The first-order chi connectivity index (χ1) is 27.6. The average molecular weight is 784 g/mol. The first-order valence-electron chi connectivity index (χ1n) is 19.7. The number of halogens is 4. The van der Waals surface area contributed by atoms with Crippen LogP contribution < -0.4 is 9.64 Å². The van der Waals surface area contributed by atoms with Crippen molar-refractivity contribution in [2.45, 2.75) is 57.0 Å². The van der Waals surface area contributed by atoms with Crippen LogP contribution in [-0.2, 0) is 11.8 Å². The number of piperidine rings is 1. The molecule has 3 aromatic carbocycles. The molecule has 9 rings (SSSR count). The zero-order valence-corrected chi connectivity index (χ0v) is 32.1. The van der Waals surface area contributed by atoms with Gasteiger partial charge in [0.25, 0.3) is 6.08 Å². The lowest BCUT2D eigenvalue weighted by molar-refractivity contribution is 0.146. The summed E-state index contributed by atoms with van der Waals surface area (Å²) >= 11 is 0. The molecule has 1 N–H and O–H groups in total. The van der Waals surface area contributed by atoms with E-state index in [-0.39, 0.29) is 62.4 Å². The third-order valence-corrected chi connectivity index (χ3v) is 12.5. The van der Waals surface area contributed by atoms with Crippen LogP contribution in [-0.4, -0.2) is 106 Å². The van der Waals surface area contributed by atoms with Crippen LogP contribution >= 0.6 is 0 Å². The minimum atomic E-state index is -1.57. The molecule has 1 aliphatic carbocycles. The quantitative estimate of drug-likeness (QED) is 0.0837. The largest absolute Gasteiger partial charge is 0.508 e. The monoisotopic (exact) mass is 783 g/mol. The second-order valence-corrected chi connectivity index (χ2v) is 16.3. The Morgan fingerprint density at radius 3 is 2.46 bits per heavy atom. The van der Waals surface area contributed by atoms with E-state index in [0.717, 1.165) is 51.7 Å². The Bertz CT molecular complexity index is 2450. The molecule has 4 aliphatic rings. The highest BCUT2D eigenvalue weighted by atomic mass is 19.3. The number of aromatic nitrogens is 4. The minimum Gasteiger partial charge on any atom is -0.508 e. The Morgan fingerprint density at radius 2 is 1.77 bits per heavy atom. The van der Waals surface area contributed by atoms with Crippen molar-refractivity contribution in [1.29, 1.82) is 0 Å². The van der Waals surface area contributed by atoms with Crippen LogP contribution in [0.1, 0.15) is 50.5 Å². The fourth-order valence-corrected chi connectivity index (χ4v) is 9.51. The highest BCUT2D eigenvalue weighted by molar-refractivity contribution is 6.18. The standard InChI is InChI=1S/C43H45F4N7O3/c1-4-30-33(44)9-6-26-18-29(55)19-31(34(26)30)35-37(45)39-36(32-22-51(2)50-38(32)35)41(54-27-7-8-28(54)21-53(20-27)14-5-17-56-3)49-42(48-39)57-24-43(12-13-43)23-52-15-10-25(11-16-52)40(46)47/h1,6,9,18-19,22,27-28,55H,5,7-8,10-17,20-21,23-24H2,2-3H3/t27-,28+. The number of aromatic hydroxyl groups is 1. The summed E-state index contributed by atoms with van der Waals surface area (Å²) in [5.41, 5.74) is 0.544. The highest BCUT2D eigenvalue weighted by Crippen LogP contribution is 2.49. The number of phenolic OH excluding ortho intramolecular Hbond substituents is 1. The summed E-state index contributed by atoms with van der Waals surface area (Å²) in [5, 5.41) is 17.5. The third-order valence-electron chi connectivity index (χ3n) is 12.5. The number of rotatable bonds is 11. The van der Waals surface area contributed by atoms with Gasteiger partial charge in [-0.15, -0.1) is 6.42 Å². The van der Waals surface area contributed by atoms with Crippen LogP contribution in [0.3, 0.4) is 0 Å². The molecule has 0 unspecified atom stereocenters. The Kier molecular flexibility index (Phi) is 9.73. The van der Waals surface area contributed by atoms with Gasteiger partial charge in [-0.2, -0.15) is 23.8 Å². The number of likely N-dealkylation sites (tertiary alicyclic amines) is 2. The van der Waals surface area contributed by atoms with E-state index in [1.54, 1.807) is 18.8 Å². The van der Waals surface area contributed by atoms with Gasteiger partial charge in [-0.3, -0.25) is 9.58 Å². The average Bonchev–Trinajstić information content (AvgIpc) is 3.77. The molecule has 14 heteroatoms. The lowest BCUT2D eigenvalue weighted by Gasteiger charge is -2.42. The molecule has 5 aromatic rings. The first-order valence-corrected chi connectivity index (χ1v) is 19.7. The van der Waals surface area contributed by atoms with E-state index in [1.807, 2.05) is 6.20 Å². The second kappa shape index (κ2) is 14.8. The summed E-state index contributed by atoms with van der Waals surface area (Å²) in [4.78, 5) is 16.9. The Balaban J connectivity index is 1.17. The number of benzene rings is 3. The number of fused-ring (bicyclic) bond motifs is 6. The van der Waals surface area contributed by atoms with Crippen LogP contribution in [0.25, 0.3) is 43.7 Å². The van der Waals surface area contributed by atoms with Gasteiger partial charge >= 0.3 is 6.01 Å². The van der Waals surface area contributed by atoms with E-state index < -0.39 is 17.7 Å². The fraction of sp³-hybridized carbons (Fsp3) is 0.465. The molecule has 2 atom stereocenters. The molecule has 0 amide bonds. The van der Waals surface area contributed by atoms with E-state index in [2.05, 4.69) is 20.6 Å². The molecule has 4 fully saturated rings. The molecule has 2 aromatic heterocycles. The van der Waals surface area contributed by atoms with Gasteiger partial charge in [0.05, 0.1) is 17.6 Å². The van der Waals surface area contributed by atoms with Gasteiger partial charge in [0.1, 0.15) is 28.4 Å². The van der Waals surface area contributed by atoms with Crippen LogP contribution in [0, 0.1) is 29.4 Å². The number of methoxy groups -OCH3 is 1.